The van der Waals surface area contributed by atoms with Gasteiger partial charge < -0.3 is 14.8 Å². The van der Waals surface area contributed by atoms with Gasteiger partial charge in [-0.25, -0.2) is 0 Å². The van der Waals surface area contributed by atoms with Gasteiger partial charge in [-0.3, -0.25) is 19.4 Å². The summed E-state index contributed by atoms with van der Waals surface area (Å²) in [6.07, 6.45) is 3.23. The molecule has 8 heteroatoms. The van der Waals surface area contributed by atoms with E-state index in [9.17, 15) is 9.59 Å². The van der Waals surface area contributed by atoms with Crippen molar-refractivity contribution in [3.63, 3.8) is 0 Å². The van der Waals surface area contributed by atoms with Crippen molar-refractivity contribution in [2.75, 3.05) is 24.3 Å². The number of carbonyl (C=O) groups is 1. The lowest BCUT2D eigenvalue weighted by Gasteiger charge is -2.36. The van der Waals surface area contributed by atoms with Gasteiger partial charge in [-0.2, -0.15) is 0 Å². The van der Waals surface area contributed by atoms with E-state index in [1.54, 1.807) is 6.08 Å². The van der Waals surface area contributed by atoms with Crippen molar-refractivity contribution >= 4 is 23.5 Å². The molecule has 2 aromatic rings. The molecule has 1 aromatic carbocycles. The summed E-state index contributed by atoms with van der Waals surface area (Å²) in [6.45, 7) is 8.80. The van der Waals surface area contributed by atoms with Crippen molar-refractivity contribution in [2.24, 2.45) is 0 Å². The number of anilines is 1. The number of carbonyl (C=O) groups excluding carboxylic acids is 1. The highest BCUT2D eigenvalue weighted by atomic mass is 32.2. The van der Waals surface area contributed by atoms with Crippen LogP contribution in [0.4, 0.5) is 5.82 Å². The second-order valence-corrected chi connectivity index (χ2v) is 9.33. The van der Waals surface area contributed by atoms with E-state index in [-0.39, 0.29) is 34.1 Å². The Bertz CT molecular complexity index is 993. The van der Waals surface area contributed by atoms with E-state index in [0.29, 0.717) is 24.6 Å². The maximum Gasteiger partial charge on any atom is 0.270 e. The van der Waals surface area contributed by atoms with Crippen LogP contribution in [0, 0.1) is 0 Å². The Labute approximate surface area is 179 Å². The smallest absolute Gasteiger partial charge is 0.270 e. The fourth-order valence-corrected chi connectivity index (χ4v) is 5.22. The number of hydrogen-bond acceptors (Lipinski definition) is 5. The van der Waals surface area contributed by atoms with Gasteiger partial charge in [0.2, 0.25) is 5.91 Å². The van der Waals surface area contributed by atoms with Crippen molar-refractivity contribution in [1.29, 1.82) is 0 Å². The van der Waals surface area contributed by atoms with Gasteiger partial charge in [0.15, 0.2) is 0 Å². The molecule has 0 unspecified atom stereocenters. The van der Waals surface area contributed by atoms with E-state index < -0.39 is 0 Å². The minimum Gasteiger partial charge on any atom is -0.490 e. The molecule has 1 fully saturated rings. The van der Waals surface area contributed by atoms with Gasteiger partial charge in [-0.05, 0) is 44.4 Å². The van der Waals surface area contributed by atoms with Crippen LogP contribution in [0.3, 0.4) is 0 Å². The number of fused-ring (bicyclic) bond motifs is 1. The number of ether oxygens (including phenoxy) is 2. The van der Waals surface area contributed by atoms with Crippen LogP contribution >= 0.6 is 11.8 Å². The van der Waals surface area contributed by atoms with Crippen LogP contribution in [0.5, 0.6) is 5.75 Å². The number of rotatable bonds is 5. The average molecular weight is 430 g/mol. The molecule has 0 saturated carbocycles. The fourth-order valence-electron chi connectivity index (χ4n) is 4.09. The highest BCUT2D eigenvalue weighted by Crippen LogP contribution is 2.42. The first-order chi connectivity index (χ1) is 14.4. The second-order valence-electron chi connectivity index (χ2n) is 8.24. The quantitative estimate of drug-likeness (QED) is 0.709. The van der Waals surface area contributed by atoms with Crippen LogP contribution in [0.1, 0.15) is 49.1 Å². The molecule has 30 heavy (non-hydrogen) atoms. The lowest BCUT2D eigenvalue weighted by atomic mass is 9.94. The molecule has 3 heterocycles. The number of benzene rings is 1. The molecule has 2 aliphatic heterocycles. The molecule has 0 aliphatic carbocycles. The van der Waals surface area contributed by atoms with Crippen molar-refractivity contribution in [1.82, 2.24) is 9.78 Å². The molecular formula is C22H27N3O4S. The summed E-state index contributed by atoms with van der Waals surface area (Å²) >= 11 is 1.46. The van der Waals surface area contributed by atoms with E-state index in [2.05, 4.69) is 17.0 Å². The normalized spacial score (nSPS) is 23.2. The van der Waals surface area contributed by atoms with Crippen LogP contribution in [0.25, 0.3) is 0 Å². The van der Waals surface area contributed by atoms with Crippen LogP contribution in [-0.2, 0) is 9.53 Å². The molecule has 0 radical (unpaired) electrons. The number of thioether (sulfide) groups is 1. The molecule has 1 saturated heterocycles. The highest BCUT2D eigenvalue weighted by Gasteiger charge is 2.35. The van der Waals surface area contributed by atoms with Crippen molar-refractivity contribution in [3.8, 4) is 5.75 Å². The summed E-state index contributed by atoms with van der Waals surface area (Å²) in [6, 6.07) is 7.72. The molecule has 1 amide bonds. The van der Waals surface area contributed by atoms with Gasteiger partial charge in [-0.1, -0.05) is 24.8 Å². The van der Waals surface area contributed by atoms with Gasteiger partial charge in [0.25, 0.3) is 5.56 Å². The Balaban J connectivity index is 1.71. The minimum atomic E-state index is -0.277. The molecule has 7 nitrogen and oxygen atoms in total. The molecular weight excluding hydrogens is 402 g/mol. The first kappa shape index (κ1) is 20.8. The predicted octanol–water partition coefficient (Wildman–Crippen LogP) is 3.65. The van der Waals surface area contributed by atoms with E-state index >= 15 is 0 Å². The van der Waals surface area contributed by atoms with E-state index in [4.69, 9.17) is 9.47 Å². The number of aromatic amines is 1. The number of nitrogens with one attached hydrogen (secondary N) is 2. The third-order valence-electron chi connectivity index (χ3n) is 5.45. The topological polar surface area (TPSA) is 85.4 Å². The van der Waals surface area contributed by atoms with Gasteiger partial charge in [-0.15, -0.1) is 11.8 Å². The third-order valence-corrected chi connectivity index (χ3v) is 6.72. The Morgan fingerprint density at radius 1 is 1.33 bits per heavy atom. The first-order valence-electron chi connectivity index (χ1n) is 10.1. The van der Waals surface area contributed by atoms with Crippen LogP contribution < -0.4 is 15.6 Å². The van der Waals surface area contributed by atoms with Gasteiger partial charge in [0, 0.05) is 6.61 Å². The summed E-state index contributed by atoms with van der Waals surface area (Å²) in [4.78, 5) is 25.5. The van der Waals surface area contributed by atoms with Gasteiger partial charge >= 0.3 is 0 Å². The molecule has 0 spiro atoms. The zero-order valence-corrected chi connectivity index (χ0v) is 18.1. The molecule has 160 valence electrons. The summed E-state index contributed by atoms with van der Waals surface area (Å²) in [5.41, 5.74) is 1.11. The molecule has 1 aromatic heterocycles. The van der Waals surface area contributed by atoms with Gasteiger partial charge in [0.05, 0.1) is 28.2 Å². The largest absolute Gasteiger partial charge is 0.490 e. The maximum atomic E-state index is 13.0. The zero-order chi connectivity index (χ0) is 21.3. The van der Waals surface area contributed by atoms with Crippen LogP contribution in [-0.4, -0.2) is 40.3 Å². The number of hydrogen-bond donors (Lipinski definition) is 2. The maximum absolute atomic E-state index is 13.0. The number of aromatic nitrogens is 2. The Kier molecular flexibility index (Phi) is 5.79. The van der Waals surface area contributed by atoms with Crippen molar-refractivity contribution in [3.05, 3.63) is 58.4 Å². The van der Waals surface area contributed by atoms with E-state index in [0.717, 1.165) is 24.2 Å². The number of amides is 1. The Morgan fingerprint density at radius 3 is 2.80 bits per heavy atom. The lowest BCUT2D eigenvalue weighted by Crippen LogP contribution is -2.36. The Hall–Kier alpha value is -2.45. The lowest BCUT2D eigenvalue weighted by molar-refractivity contribution is -0.113. The fraction of sp³-hybridized carbons (Fsp3) is 0.455. The summed E-state index contributed by atoms with van der Waals surface area (Å²) in [7, 11) is 0. The second kappa shape index (κ2) is 8.35. The van der Waals surface area contributed by atoms with Crippen molar-refractivity contribution < 1.29 is 14.3 Å². The van der Waals surface area contributed by atoms with Crippen LogP contribution in [0.2, 0.25) is 0 Å². The predicted molar refractivity (Wildman–Crippen MR) is 118 cm³/mol. The minimum absolute atomic E-state index is 0.0592. The van der Waals surface area contributed by atoms with Crippen LogP contribution in [0.15, 0.2) is 41.7 Å². The molecule has 2 aliphatic rings. The van der Waals surface area contributed by atoms with E-state index in [1.807, 2.05) is 42.8 Å². The standard InChI is InChI=1S/C22H27N3O4S/c1-4-10-28-16-7-5-14(6-8-16)19-18-20(23-17(26)13-30-19)25(24-21(18)27)15-9-11-29-22(2,3)12-15/h4-8,15,19H,1,9-13H2,2-3H3,(H,23,26)(H,24,27)/t15-,19-/m0/s1. The molecule has 0 bridgehead atoms. The molecule has 2 atom stereocenters. The highest BCUT2D eigenvalue weighted by molar-refractivity contribution is 8.00. The van der Waals surface area contributed by atoms with E-state index in [1.165, 1.54) is 11.8 Å². The molecule has 2 N–H and O–H groups in total. The summed E-state index contributed by atoms with van der Waals surface area (Å²) in [5, 5.41) is 5.72. The van der Waals surface area contributed by atoms with Crippen molar-refractivity contribution in [2.45, 2.75) is 43.6 Å². The summed E-state index contributed by atoms with van der Waals surface area (Å²) < 4.78 is 13.2. The third kappa shape index (κ3) is 4.20. The number of H-pyrrole nitrogens is 1. The molecule has 4 rings (SSSR count). The SMILES string of the molecule is C=CCOc1ccc([C@@H]2SCC(=O)Nc3c2c(=O)[nH]n3[C@H]2CCOC(C)(C)C2)cc1. The van der Waals surface area contributed by atoms with Gasteiger partial charge in [0.1, 0.15) is 18.2 Å². The average Bonchev–Trinajstić information content (AvgIpc) is 2.91. The Morgan fingerprint density at radius 2 is 2.10 bits per heavy atom. The number of nitrogens with zero attached hydrogens (tertiary/aromatic N) is 1. The first-order valence-corrected chi connectivity index (χ1v) is 11.2. The monoisotopic (exact) mass is 429 g/mol. The summed E-state index contributed by atoms with van der Waals surface area (Å²) in [5.74, 6) is 1.50. The zero-order valence-electron chi connectivity index (χ0n) is 17.3.